The van der Waals surface area contributed by atoms with Crippen LogP contribution in [0.5, 0.6) is 0 Å². The summed E-state index contributed by atoms with van der Waals surface area (Å²) in [5.74, 6) is 0.0856. The molecule has 1 aromatic carbocycles. The summed E-state index contributed by atoms with van der Waals surface area (Å²) in [6, 6.07) is 4.29. The molecular formula is C12H16N2O. The van der Waals surface area contributed by atoms with Crippen LogP contribution < -0.4 is 10.6 Å². The van der Waals surface area contributed by atoms with E-state index in [9.17, 15) is 4.79 Å². The molecule has 3 heteroatoms. The Balaban J connectivity index is 2.51. The quantitative estimate of drug-likeness (QED) is 0.681. The topological polar surface area (TPSA) is 41.1 Å². The maximum Gasteiger partial charge on any atom is 0.226 e. The highest BCUT2D eigenvalue weighted by Gasteiger charge is 2.18. The van der Waals surface area contributed by atoms with Gasteiger partial charge in [0, 0.05) is 12.5 Å². The number of hydrogen-bond acceptors (Lipinski definition) is 2. The van der Waals surface area contributed by atoms with E-state index in [1.807, 2.05) is 19.9 Å². The Morgan fingerprint density at radius 3 is 2.80 bits per heavy atom. The SMILES string of the molecule is Cc1ccc2c(c1C)NC(=O)CC(C)N2. The number of rotatable bonds is 0. The lowest BCUT2D eigenvalue weighted by molar-refractivity contribution is -0.116. The van der Waals surface area contributed by atoms with Crippen LogP contribution in [-0.2, 0) is 4.79 Å². The van der Waals surface area contributed by atoms with Crippen LogP contribution in [-0.4, -0.2) is 11.9 Å². The molecule has 0 saturated carbocycles. The molecule has 0 spiro atoms. The van der Waals surface area contributed by atoms with Crippen molar-refractivity contribution in [2.24, 2.45) is 0 Å². The van der Waals surface area contributed by atoms with E-state index in [1.165, 1.54) is 5.56 Å². The van der Waals surface area contributed by atoms with E-state index in [-0.39, 0.29) is 11.9 Å². The molecule has 0 radical (unpaired) electrons. The van der Waals surface area contributed by atoms with E-state index in [2.05, 4.69) is 23.6 Å². The van der Waals surface area contributed by atoms with Crippen LogP contribution in [0.2, 0.25) is 0 Å². The molecular weight excluding hydrogens is 188 g/mol. The summed E-state index contributed by atoms with van der Waals surface area (Å²) in [6.07, 6.45) is 0.521. The van der Waals surface area contributed by atoms with Crippen molar-refractivity contribution in [3.05, 3.63) is 23.3 Å². The van der Waals surface area contributed by atoms with Crippen molar-refractivity contribution in [3.63, 3.8) is 0 Å². The van der Waals surface area contributed by atoms with Crippen molar-refractivity contribution in [2.45, 2.75) is 33.2 Å². The van der Waals surface area contributed by atoms with E-state index in [0.29, 0.717) is 6.42 Å². The summed E-state index contributed by atoms with van der Waals surface area (Å²) < 4.78 is 0. The average molecular weight is 204 g/mol. The summed E-state index contributed by atoms with van der Waals surface area (Å²) in [4.78, 5) is 11.6. The Morgan fingerprint density at radius 2 is 2.07 bits per heavy atom. The smallest absolute Gasteiger partial charge is 0.226 e. The minimum Gasteiger partial charge on any atom is -0.380 e. The van der Waals surface area contributed by atoms with Gasteiger partial charge >= 0.3 is 0 Å². The van der Waals surface area contributed by atoms with Gasteiger partial charge in [0.15, 0.2) is 0 Å². The normalized spacial score (nSPS) is 19.9. The van der Waals surface area contributed by atoms with Gasteiger partial charge in [-0.2, -0.15) is 0 Å². The van der Waals surface area contributed by atoms with Crippen LogP contribution in [0.15, 0.2) is 12.1 Å². The molecule has 2 N–H and O–H groups in total. The molecule has 1 aliphatic heterocycles. The molecule has 1 aromatic rings. The number of anilines is 2. The molecule has 15 heavy (non-hydrogen) atoms. The molecule has 0 fully saturated rings. The summed E-state index contributed by atoms with van der Waals surface area (Å²) in [5.41, 5.74) is 4.30. The second-order valence-electron chi connectivity index (χ2n) is 4.23. The van der Waals surface area contributed by atoms with Crippen LogP contribution in [0.3, 0.4) is 0 Å². The van der Waals surface area contributed by atoms with Crippen LogP contribution in [0.4, 0.5) is 11.4 Å². The highest BCUT2D eigenvalue weighted by Crippen LogP contribution is 2.31. The van der Waals surface area contributed by atoms with Crippen LogP contribution in [0.25, 0.3) is 0 Å². The van der Waals surface area contributed by atoms with E-state index < -0.39 is 0 Å². The lowest BCUT2D eigenvalue weighted by Crippen LogP contribution is -2.18. The Kier molecular flexibility index (Phi) is 2.39. The fraction of sp³-hybridized carbons (Fsp3) is 0.417. The van der Waals surface area contributed by atoms with E-state index >= 15 is 0 Å². The maximum absolute atomic E-state index is 11.6. The second-order valence-corrected chi connectivity index (χ2v) is 4.23. The molecule has 0 saturated heterocycles. The molecule has 0 bridgehead atoms. The highest BCUT2D eigenvalue weighted by atomic mass is 16.1. The van der Waals surface area contributed by atoms with Crippen molar-refractivity contribution in [1.29, 1.82) is 0 Å². The first kappa shape index (κ1) is 10.0. The molecule has 1 atom stereocenters. The van der Waals surface area contributed by atoms with Crippen LogP contribution in [0.1, 0.15) is 24.5 Å². The van der Waals surface area contributed by atoms with Crippen molar-refractivity contribution in [1.82, 2.24) is 0 Å². The third-order valence-corrected chi connectivity index (χ3v) is 2.89. The van der Waals surface area contributed by atoms with Gasteiger partial charge in [0.05, 0.1) is 11.4 Å². The van der Waals surface area contributed by atoms with Crippen molar-refractivity contribution < 1.29 is 4.79 Å². The van der Waals surface area contributed by atoms with E-state index in [4.69, 9.17) is 0 Å². The van der Waals surface area contributed by atoms with Crippen molar-refractivity contribution in [2.75, 3.05) is 10.6 Å². The summed E-state index contributed by atoms with van der Waals surface area (Å²) in [7, 11) is 0. The number of amides is 1. The molecule has 1 unspecified atom stereocenters. The van der Waals surface area contributed by atoms with E-state index in [1.54, 1.807) is 0 Å². The second kappa shape index (κ2) is 3.57. The maximum atomic E-state index is 11.6. The van der Waals surface area contributed by atoms with Gasteiger partial charge in [-0.15, -0.1) is 0 Å². The number of aryl methyl sites for hydroxylation is 1. The third-order valence-electron chi connectivity index (χ3n) is 2.89. The van der Waals surface area contributed by atoms with Gasteiger partial charge < -0.3 is 10.6 Å². The molecule has 80 valence electrons. The summed E-state index contributed by atoms with van der Waals surface area (Å²) in [6.45, 7) is 6.10. The zero-order valence-corrected chi connectivity index (χ0v) is 9.35. The lowest BCUT2D eigenvalue weighted by Gasteiger charge is -2.14. The molecule has 1 amide bonds. The van der Waals surface area contributed by atoms with Gasteiger partial charge in [-0.05, 0) is 38.0 Å². The van der Waals surface area contributed by atoms with Gasteiger partial charge in [-0.3, -0.25) is 4.79 Å². The average Bonchev–Trinajstić information content (AvgIpc) is 2.30. The van der Waals surface area contributed by atoms with Gasteiger partial charge in [-0.1, -0.05) is 6.07 Å². The number of hydrogen-bond donors (Lipinski definition) is 2. The summed E-state index contributed by atoms with van der Waals surface area (Å²) in [5, 5.41) is 6.30. The number of fused-ring (bicyclic) bond motifs is 1. The predicted molar refractivity (Wildman–Crippen MR) is 62.2 cm³/mol. The first-order chi connectivity index (χ1) is 7.08. The number of carbonyl (C=O) groups excluding carboxylic acids is 1. The molecule has 1 heterocycles. The van der Waals surface area contributed by atoms with Crippen LogP contribution >= 0.6 is 0 Å². The lowest BCUT2D eigenvalue weighted by atomic mass is 10.1. The highest BCUT2D eigenvalue weighted by molar-refractivity contribution is 5.97. The predicted octanol–water partition coefficient (Wildman–Crippen LogP) is 2.45. The minimum atomic E-state index is 0.0856. The van der Waals surface area contributed by atoms with Gasteiger partial charge in [0.2, 0.25) is 5.91 Å². The number of carbonyl (C=O) groups is 1. The first-order valence-corrected chi connectivity index (χ1v) is 5.24. The van der Waals surface area contributed by atoms with Crippen LogP contribution in [0, 0.1) is 13.8 Å². The molecule has 0 aromatic heterocycles. The fourth-order valence-corrected chi connectivity index (χ4v) is 1.88. The minimum absolute atomic E-state index is 0.0856. The zero-order chi connectivity index (χ0) is 11.0. The van der Waals surface area contributed by atoms with Crippen molar-refractivity contribution >= 4 is 17.3 Å². The van der Waals surface area contributed by atoms with Gasteiger partial charge in [0.1, 0.15) is 0 Å². The Hall–Kier alpha value is -1.51. The fourth-order valence-electron chi connectivity index (χ4n) is 1.88. The Morgan fingerprint density at radius 1 is 1.33 bits per heavy atom. The Labute approximate surface area is 89.9 Å². The van der Waals surface area contributed by atoms with Gasteiger partial charge in [0.25, 0.3) is 0 Å². The van der Waals surface area contributed by atoms with Gasteiger partial charge in [-0.25, -0.2) is 0 Å². The summed E-state index contributed by atoms with van der Waals surface area (Å²) >= 11 is 0. The van der Waals surface area contributed by atoms with Crippen molar-refractivity contribution in [3.8, 4) is 0 Å². The number of benzene rings is 1. The monoisotopic (exact) mass is 204 g/mol. The first-order valence-electron chi connectivity index (χ1n) is 5.24. The zero-order valence-electron chi connectivity index (χ0n) is 9.35. The van der Waals surface area contributed by atoms with E-state index in [0.717, 1.165) is 16.9 Å². The molecule has 3 nitrogen and oxygen atoms in total. The Bertz CT molecular complexity index is 412. The molecule has 1 aliphatic rings. The number of nitrogens with one attached hydrogen (secondary N) is 2. The largest absolute Gasteiger partial charge is 0.380 e. The standard InChI is InChI=1S/C12H16N2O/c1-7-4-5-10-12(9(7)3)14-11(15)6-8(2)13-10/h4-5,8,13H,6H2,1-3H3,(H,14,15). The third kappa shape index (κ3) is 1.82. The molecule has 2 rings (SSSR count). The molecule has 0 aliphatic carbocycles.